The van der Waals surface area contributed by atoms with Crippen molar-refractivity contribution in [3.63, 3.8) is 0 Å². The Bertz CT molecular complexity index is 951. The van der Waals surface area contributed by atoms with Crippen molar-refractivity contribution in [1.82, 2.24) is 10.3 Å². The summed E-state index contributed by atoms with van der Waals surface area (Å²) in [7, 11) is 0. The highest BCUT2D eigenvalue weighted by Gasteiger charge is 2.43. The van der Waals surface area contributed by atoms with Gasteiger partial charge in [0.1, 0.15) is 5.54 Å². The molecule has 0 aliphatic heterocycles. The maximum absolute atomic E-state index is 12.4. The van der Waals surface area contributed by atoms with Crippen molar-refractivity contribution in [2.75, 3.05) is 6.61 Å². The molecule has 1 aromatic heterocycles. The van der Waals surface area contributed by atoms with Crippen LogP contribution in [0, 0.1) is 17.2 Å². The molecule has 0 radical (unpaired) electrons. The zero-order valence-corrected chi connectivity index (χ0v) is 15.4. The smallest absolute Gasteiger partial charge is 0.338 e. The lowest BCUT2D eigenvalue weighted by Crippen LogP contribution is -2.48. The Morgan fingerprint density at radius 3 is 2.85 bits per heavy atom. The molecule has 1 aromatic carbocycles. The maximum Gasteiger partial charge on any atom is 0.338 e. The molecule has 2 aliphatic carbocycles. The number of hydrogen-bond acceptors (Lipinski definition) is 4. The number of H-pyrrole nitrogens is 1. The van der Waals surface area contributed by atoms with Crippen molar-refractivity contribution < 1.29 is 14.3 Å². The first kappa shape index (κ1) is 17.6. The quantitative estimate of drug-likeness (QED) is 0.796. The number of aryl methyl sites for hydroxylation is 2. The third kappa shape index (κ3) is 3.42. The van der Waals surface area contributed by atoms with Crippen LogP contribution in [0.2, 0.25) is 0 Å². The lowest BCUT2D eigenvalue weighted by molar-refractivity contribution is -0.125. The number of aromatic nitrogens is 1. The van der Waals surface area contributed by atoms with Crippen LogP contribution < -0.4 is 5.32 Å². The monoisotopic (exact) mass is 365 g/mol. The number of hydrogen-bond donors (Lipinski definition) is 2. The number of amides is 1. The Morgan fingerprint density at radius 1 is 1.33 bits per heavy atom. The maximum atomic E-state index is 12.4. The lowest BCUT2D eigenvalue weighted by atomic mass is 9.95. The summed E-state index contributed by atoms with van der Waals surface area (Å²) in [5.41, 5.74) is 3.14. The van der Waals surface area contributed by atoms with Gasteiger partial charge in [-0.3, -0.25) is 4.79 Å². The van der Waals surface area contributed by atoms with Crippen molar-refractivity contribution in [2.24, 2.45) is 5.92 Å². The zero-order valence-electron chi connectivity index (χ0n) is 15.4. The summed E-state index contributed by atoms with van der Waals surface area (Å²) < 4.78 is 5.18. The third-order valence-corrected chi connectivity index (χ3v) is 5.69. The largest absolute Gasteiger partial charge is 0.452 e. The zero-order chi connectivity index (χ0) is 19.0. The highest BCUT2D eigenvalue weighted by Crippen LogP contribution is 2.39. The molecule has 2 N–H and O–H groups in total. The Labute approximate surface area is 157 Å². The van der Waals surface area contributed by atoms with Gasteiger partial charge in [-0.1, -0.05) is 0 Å². The molecule has 27 heavy (non-hydrogen) atoms. The molecule has 6 heteroatoms. The van der Waals surface area contributed by atoms with E-state index in [4.69, 9.17) is 4.74 Å². The van der Waals surface area contributed by atoms with Gasteiger partial charge < -0.3 is 15.0 Å². The molecule has 0 bridgehead atoms. The predicted molar refractivity (Wildman–Crippen MR) is 100 cm³/mol. The number of esters is 1. The highest BCUT2D eigenvalue weighted by molar-refractivity contribution is 5.97. The molecular weight excluding hydrogens is 342 g/mol. The van der Waals surface area contributed by atoms with E-state index in [2.05, 4.69) is 16.4 Å². The summed E-state index contributed by atoms with van der Waals surface area (Å²) in [6, 6.07) is 7.62. The van der Waals surface area contributed by atoms with Gasteiger partial charge in [0, 0.05) is 16.6 Å². The summed E-state index contributed by atoms with van der Waals surface area (Å²) in [6.07, 6.45) is 6.28. The van der Waals surface area contributed by atoms with Crippen LogP contribution in [0.1, 0.15) is 54.2 Å². The number of benzene rings is 1. The van der Waals surface area contributed by atoms with E-state index in [1.54, 1.807) is 13.0 Å². The number of rotatable bonds is 5. The number of nitrogens with one attached hydrogen (secondary N) is 2. The highest BCUT2D eigenvalue weighted by atomic mass is 16.5. The first-order valence-corrected chi connectivity index (χ1v) is 9.53. The molecule has 0 unspecified atom stereocenters. The molecule has 140 valence electrons. The minimum atomic E-state index is -0.882. The van der Waals surface area contributed by atoms with Gasteiger partial charge in [-0.15, -0.1) is 0 Å². The average Bonchev–Trinajstić information content (AvgIpc) is 3.47. The minimum absolute atomic E-state index is 0.185. The number of nitrogens with zero attached hydrogens (tertiary/aromatic N) is 1. The van der Waals surface area contributed by atoms with Gasteiger partial charge in [0.25, 0.3) is 5.91 Å². The van der Waals surface area contributed by atoms with Crippen molar-refractivity contribution in [2.45, 2.75) is 51.0 Å². The molecule has 2 aromatic rings. The second-order valence-electron chi connectivity index (χ2n) is 7.76. The summed E-state index contributed by atoms with van der Waals surface area (Å²) in [5, 5.41) is 13.1. The number of carbonyl (C=O) groups is 2. The lowest BCUT2D eigenvalue weighted by Gasteiger charge is -2.22. The van der Waals surface area contributed by atoms with E-state index in [-0.39, 0.29) is 12.5 Å². The van der Waals surface area contributed by atoms with E-state index in [0.29, 0.717) is 5.56 Å². The SMILES string of the molecule is C[C@@](C#N)(NC(=O)COC(=O)c1ccc2[nH]c3c(c2c1)CCCC3)C1CC1. The van der Waals surface area contributed by atoms with Gasteiger partial charge >= 0.3 is 5.97 Å². The van der Waals surface area contributed by atoms with Gasteiger partial charge in [-0.25, -0.2) is 4.79 Å². The summed E-state index contributed by atoms with van der Waals surface area (Å²) in [6.45, 7) is 1.33. The Hall–Kier alpha value is -2.81. The first-order valence-electron chi connectivity index (χ1n) is 9.53. The minimum Gasteiger partial charge on any atom is -0.452 e. The molecule has 0 spiro atoms. The van der Waals surface area contributed by atoms with Crippen molar-refractivity contribution in [1.29, 1.82) is 5.26 Å². The number of fused-ring (bicyclic) bond motifs is 3. The van der Waals surface area contributed by atoms with E-state index in [1.807, 2.05) is 12.1 Å². The summed E-state index contributed by atoms with van der Waals surface area (Å²) >= 11 is 0. The van der Waals surface area contributed by atoms with Gasteiger partial charge in [0.05, 0.1) is 11.6 Å². The molecule has 1 fully saturated rings. The third-order valence-electron chi connectivity index (χ3n) is 5.69. The fourth-order valence-corrected chi connectivity index (χ4v) is 3.96. The second kappa shape index (κ2) is 6.73. The summed E-state index contributed by atoms with van der Waals surface area (Å²) in [4.78, 5) is 27.9. The van der Waals surface area contributed by atoms with Crippen LogP contribution in [0.25, 0.3) is 10.9 Å². The molecule has 0 saturated heterocycles. The van der Waals surface area contributed by atoms with Crippen LogP contribution in [-0.4, -0.2) is 29.0 Å². The van der Waals surface area contributed by atoms with E-state index < -0.39 is 17.4 Å². The van der Waals surface area contributed by atoms with Gasteiger partial charge in [0.2, 0.25) is 0 Å². The average molecular weight is 365 g/mol. The topological polar surface area (TPSA) is 95.0 Å². The van der Waals surface area contributed by atoms with E-state index in [1.165, 1.54) is 17.7 Å². The number of aromatic amines is 1. The van der Waals surface area contributed by atoms with Crippen LogP contribution in [-0.2, 0) is 22.4 Å². The van der Waals surface area contributed by atoms with E-state index in [0.717, 1.165) is 43.0 Å². The molecule has 1 amide bonds. The molecule has 2 aliphatic rings. The van der Waals surface area contributed by atoms with Crippen LogP contribution in [0.15, 0.2) is 18.2 Å². The van der Waals surface area contributed by atoms with Crippen molar-refractivity contribution in [3.05, 3.63) is 35.0 Å². The normalized spacial score (nSPS) is 18.2. The number of nitriles is 1. The number of ether oxygens (including phenoxy) is 1. The Morgan fingerprint density at radius 2 is 2.11 bits per heavy atom. The molecule has 6 nitrogen and oxygen atoms in total. The van der Waals surface area contributed by atoms with Crippen molar-refractivity contribution >= 4 is 22.8 Å². The van der Waals surface area contributed by atoms with Crippen LogP contribution in [0.4, 0.5) is 0 Å². The molecule has 1 saturated carbocycles. The van der Waals surface area contributed by atoms with Gasteiger partial charge in [0.15, 0.2) is 6.61 Å². The fraction of sp³-hybridized carbons (Fsp3) is 0.476. The van der Waals surface area contributed by atoms with E-state index in [9.17, 15) is 14.9 Å². The summed E-state index contributed by atoms with van der Waals surface area (Å²) in [5.74, 6) is -0.786. The predicted octanol–water partition coefficient (Wildman–Crippen LogP) is 3.01. The van der Waals surface area contributed by atoms with Crippen molar-refractivity contribution in [3.8, 4) is 6.07 Å². The fourth-order valence-electron chi connectivity index (χ4n) is 3.96. The van der Waals surface area contributed by atoms with Crippen LogP contribution in [0.5, 0.6) is 0 Å². The van der Waals surface area contributed by atoms with Crippen LogP contribution in [0.3, 0.4) is 0 Å². The van der Waals surface area contributed by atoms with Crippen LogP contribution >= 0.6 is 0 Å². The number of carbonyl (C=O) groups excluding carboxylic acids is 2. The second-order valence-corrected chi connectivity index (χ2v) is 7.76. The molecule has 1 heterocycles. The van der Waals surface area contributed by atoms with Gasteiger partial charge in [-0.2, -0.15) is 5.26 Å². The molecule has 1 atom stereocenters. The molecule has 4 rings (SSSR count). The first-order chi connectivity index (χ1) is 13.0. The molecular formula is C21H23N3O3. The van der Waals surface area contributed by atoms with E-state index >= 15 is 0 Å². The Balaban J connectivity index is 1.42. The Kier molecular flexibility index (Phi) is 4.39. The van der Waals surface area contributed by atoms with Gasteiger partial charge in [-0.05, 0) is 75.1 Å². The standard InChI is InChI=1S/C21H23N3O3/c1-21(12-22,14-7-8-14)24-19(25)11-27-20(26)13-6-9-18-16(10-13)15-4-2-3-5-17(15)23-18/h6,9-10,14,23H,2-5,7-8,11H2,1H3,(H,24,25)/t21-/m0/s1.